The first-order chi connectivity index (χ1) is 8.74. The molecular formula is C14H26N2O2. The third kappa shape index (κ3) is 3.61. The molecule has 2 atom stereocenters. The van der Waals surface area contributed by atoms with E-state index in [2.05, 4.69) is 12.2 Å². The molecule has 0 radical (unpaired) electrons. The highest BCUT2D eigenvalue weighted by atomic mass is 16.3. The number of urea groups is 1. The number of carbonyl (C=O) groups is 1. The Labute approximate surface area is 110 Å². The molecular weight excluding hydrogens is 228 g/mol. The van der Waals surface area contributed by atoms with E-state index in [0.717, 1.165) is 31.6 Å². The van der Waals surface area contributed by atoms with Crippen molar-refractivity contribution in [3.8, 4) is 0 Å². The molecule has 4 heteroatoms. The van der Waals surface area contributed by atoms with Crippen LogP contribution in [0.3, 0.4) is 0 Å². The number of aliphatic hydroxyl groups excluding tert-OH is 1. The SMILES string of the molecule is CCC1CCCC(NC(=O)N(CCO)C2CC2)C1. The normalized spacial score (nSPS) is 27.9. The minimum atomic E-state index is 0.0355. The molecule has 2 saturated carbocycles. The average Bonchev–Trinajstić information content (AvgIpc) is 3.20. The number of amides is 2. The zero-order valence-corrected chi connectivity index (χ0v) is 11.4. The van der Waals surface area contributed by atoms with E-state index in [4.69, 9.17) is 5.11 Å². The summed E-state index contributed by atoms with van der Waals surface area (Å²) in [5.41, 5.74) is 0. The van der Waals surface area contributed by atoms with Gasteiger partial charge in [0.25, 0.3) is 0 Å². The van der Waals surface area contributed by atoms with Crippen LogP contribution in [0.4, 0.5) is 4.79 Å². The number of carbonyl (C=O) groups excluding carboxylic acids is 1. The predicted molar refractivity (Wildman–Crippen MR) is 71.4 cm³/mol. The van der Waals surface area contributed by atoms with Gasteiger partial charge in [-0.25, -0.2) is 4.79 Å². The van der Waals surface area contributed by atoms with Crippen molar-refractivity contribution < 1.29 is 9.90 Å². The lowest BCUT2D eigenvalue weighted by Gasteiger charge is -2.31. The summed E-state index contributed by atoms with van der Waals surface area (Å²) in [7, 11) is 0. The van der Waals surface area contributed by atoms with E-state index < -0.39 is 0 Å². The molecule has 0 aromatic carbocycles. The van der Waals surface area contributed by atoms with Crippen LogP contribution in [0.15, 0.2) is 0 Å². The number of hydrogen-bond acceptors (Lipinski definition) is 2. The molecule has 18 heavy (non-hydrogen) atoms. The van der Waals surface area contributed by atoms with Crippen LogP contribution in [0.2, 0.25) is 0 Å². The van der Waals surface area contributed by atoms with Crippen molar-refractivity contribution in [2.75, 3.05) is 13.2 Å². The molecule has 2 amide bonds. The summed E-state index contributed by atoms with van der Waals surface area (Å²) in [6.07, 6.45) is 8.18. The topological polar surface area (TPSA) is 52.6 Å². The van der Waals surface area contributed by atoms with Gasteiger partial charge in [0.15, 0.2) is 0 Å². The number of nitrogens with zero attached hydrogens (tertiary/aromatic N) is 1. The predicted octanol–water partition coefficient (Wildman–Crippen LogP) is 2.12. The minimum absolute atomic E-state index is 0.0355. The van der Waals surface area contributed by atoms with Crippen LogP contribution in [0.5, 0.6) is 0 Å². The van der Waals surface area contributed by atoms with Gasteiger partial charge >= 0.3 is 6.03 Å². The maximum Gasteiger partial charge on any atom is 0.317 e. The summed E-state index contributed by atoms with van der Waals surface area (Å²) in [6.45, 7) is 2.77. The van der Waals surface area contributed by atoms with Crippen LogP contribution in [0.25, 0.3) is 0 Å². The van der Waals surface area contributed by atoms with Gasteiger partial charge < -0.3 is 15.3 Å². The van der Waals surface area contributed by atoms with E-state index in [0.29, 0.717) is 18.6 Å². The summed E-state index contributed by atoms with van der Waals surface area (Å²) in [5, 5.41) is 12.2. The van der Waals surface area contributed by atoms with E-state index >= 15 is 0 Å². The molecule has 2 unspecified atom stereocenters. The highest BCUT2D eigenvalue weighted by Crippen LogP contribution is 2.29. The second-order valence-electron chi connectivity index (χ2n) is 5.74. The first kappa shape index (κ1) is 13.7. The fourth-order valence-corrected chi connectivity index (χ4v) is 2.99. The Morgan fingerprint density at radius 3 is 2.72 bits per heavy atom. The monoisotopic (exact) mass is 254 g/mol. The molecule has 0 saturated heterocycles. The van der Waals surface area contributed by atoms with Crippen molar-refractivity contribution in [2.45, 2.75) is 64.0 Å². The lowest BCUT2D eigenvalue weighted by Crippen LogP contribution is -2.48. The van der Waals surface area contributed by atoms with Crippen molar-refractivity contribution in [3.63, 3.8) is 0 Å². The molecule has 104 valence electrons. The Hall–Kier alpha value is -0.770. The number of nitrogens with one attached hydrogen (secondary N) is 1. The standard InChI is InChI=1S/C14H26N2O2/c1-2-11-4-3-5-12(10-11)15-14(18)16(8-9-17)13-6-7-13/h11-13,17H,2-10H2,1H3,(H,15,18). The first-order valence-corrected chi connectivity index (χ1v) is 7.42. The maximum atomic E-state index is 12.2. The molecule has 0 aromatic heterocycles. The Bertz CT molecular complexity index is 279. The van der Waals surface area contributed by atoms with Crippen molar-refractivity contribution in [3.05, 3.63) is 0 Å². The number of rotatable bonds is 5. The molecule has 0 aromatic rings. The first-order valence-electron chi connectivity index (χ1n) is 7.42. The van der Waals surface area contributed by atoms with Gasteiger partial charge in [-0.15, -0.1) is 0 Å². The third-order valence-electron chi connectivity index (χ3n) is 4.28. The highest BCUT2D eigenvalue weighted by molar-refractivity contribution is 5.75. The molecule has 0 spiro atoms. The molecule has 2 aliphatic rings. The average molecular weight is 254 g/mol. The van der Waals surface area contributed by atoms with E-state index in [-0.39, 0.29) is 12.6 Å². The lowest BCUT2D eigenvalue weighted by atomic mass is 9.84. The second kappa shape index (κ2) is 6.41. The second-order valence-corrected chi connectivity index (χ2v) is 5.74. The Kier molecular flexibility index (Phi) is 4.87. The van der Waals surface area contributed by atoms with Crippen molar-refractivity contribution >= 4 is 6.03 Å². The summed E-state index contributed by atoms with van der Waals surface area (Å²) < 4.78 is 0. The van der Waals surface area contributed by atoms with Crippen LogP contribution < -0.4 is 5.32 Å². The summed E-state index contributed by atoms with van der Waals surface area (Å²) in [5.74, 6) is 0.774. The molecule has 0 heterocycles. The molecule has 0 bridgehead atoms. The number of hydrogen-bond donors (Lipinski definition) is 2. The molecule has 2 rings (SSSR count). The summed E-state index contributed by atoms with van der Waals surface area (Å²) in [4.78, 5) is 14.0. The lowest BCUT2D eigenvalue weighted by molar-refractivity contribution is 0.164. The van der Waals surface area contributed by atoms with Gasteiger partial charge in [0, 0.05) is 18.6 Å². The third-order valence-corrected chi connectivity index (χ3v) is 4.28. The zero-order chi connectivity index (χ0) is 13.0. The van der Waals surface area contributed by atoms with E-state index in [1.165, 1.54) is 19.3 Å². The minimum Gasteiger partial charge on any atom is -0.395 e. The molecule has 2 aliphatic carbocycles. The van der Waals surface area contributed by atoms with E-state index in [1.807, 2.05) is 4.90 Å². The fraction of sp³-hybridized carbons (Fsp3) is 0.929. The van der Waals surface area contributed by atoms with Crippen molar-refractivity contribution in [2.24, 2.45) is 5.92 Å². The molecule has 2 N–H and O–H groups in total. The van der Waals surface area contributed by atoms with Gasteiger partial charge in [0.1, 0.15) is 0 Å². The van der Waals surface area contributed by atoms with Crippen LogP contribution in [-0.4, -0.2) is 41.3 Å². The Morgan fingerprint density at radius 1 is 1.33 bits per heavy atom. The van der Waals surface area contributed by atoms with Gasteiger partial charge in [-0.2, -0.15) is 0 Å². The van der Waals surface area contributed by atoms with Gasteiger partial charge in [-0.05, 0) is 31.6 Å². The number of aliphatic hydroxyl groups is 1. The highest BCUT2D eigenvalue weighted by Gasteiger charge is 2.33. The van der Waals surface area contributed by atoms with Crippen molar-refractivity contribution in [1.82, 2.24) is 10.2 Å². The van der Waals surface area contributed by atoms with Crippen LogP contribution in [-0.2, 0) is 0 Å². The van der Waals surface area contributed by atoms with Crippen LogP contribution in [0.1, 0.15) is 51.9 Å². The van der Waals surface area contributed by atoms with Crippen LogP contribution in [0, 0.1) is 5.92 Å². The fourth-order valence-electron chi connectivity index (χ4n) is 2.99. The van der Waals surface area contributed by atoms with Crippen molar-refractivity contribution in [1.29, 1.82) is 0 Å². The summed E-state index contributed by atoms with van der Waals surface area (Å²) in [6, 6.07) is 0.757. The Morgan fingerprint density at radius 2 is 2.11 bits per heavy atom. The van der Waals surface area contributed by atoms with Gasteiger partial charge in [0.2, 0.25) is 0 Å². The molecule has 4 nitrogen and oxygen atoms in total. The Balaban J connectivity index is 1.81. The quantitative estimate of drug-likeness (QED) is 0.789. The van der Waals surface area contributed by atoms with Gasteiger partial charge in [-0.1, -0.05) is 26.2 Å². The smallest absolute Gasteiger partial charge is 0.317 e. The van der Waals surface area contributed by atoms with E-state index in [1.54, 1.807) is 0 Å². The van der Waals surface area contributed by atoms with E-state index in [9.17, 15) is 4.79 Å². The van der Waals surface area contributed by atoms with Gasteiger partial charge in [0.05, 0.1) is 6.61 Å². The molecule has 0 aliphatic heterocycles. The largest absolute Gasteiger partial charge is 0.395 e. The van der Waals surface area contributed by atoms with Gasteiger partial charge in [-0.3, -0.25) is 0 Å². The van der Waals surface area contributed by atoms with Crippen LogP contribution >= 0.6 is 0 Å². The summed E-state index contributed by atoms with van der Waals surface area (Å²) >= 11 is 0. The molecule has 2 fully saturated rings. The maximum absolute atomic E-state index is 12.2. The zero-order valence-electron chi connectivity index (χ0n) is 11.4.